The minimum Gasteiger partial charge on any atom is -0.489 e. The Morgan fingerprint density at radius 2 is 2.25 bits per heavy atom. The number of anilines is 1. The fourth-order valence-electron chi connectivity index (χ4n) is 3.23. The van der Waals surface area contributed by atoms with Crippen LogP contribution in [0.5, 0.6) is 5.75 Å². The van der Waals surface area contributed by atoms with E-state index in [0.717, 1.165) is 31.5 Å². The molecule has 0 spiro atoms. The summed E-state index contributed by atoms with van der Waals surface area (Å²) in [7, 11) is 0. The first kappa shape index (κ1) is 18.2. The third-order valence-corrected chi connectivity index (χ3v) is 4.71. The molecule has 28 heavy (non-hydrogen) atoms. The highest BCUT2D eigenvalue weighted by Crippen LogP contribution is 2.20. The van der Waals surface area contributed by atoms with E-state index in [0.29, 0.717) is 29.8 Å². The number of hydrogen-bond donors (Lipinski definition) is 2. The van der Waals surface area contributed by atoms with Crippen molar-refractivity contribution in [1.29, 1.82) is 0 Å². The highest BCUT2D eigenvalue weighted by molar-refractivity contribution is 6.02. The molecule has 144 valence electrons. The predicted molar refractivity (Wildman–Crippen MR) is 106 cm³/mol. The van der Waals surface area contributed by atoms with E-state index in [1.54, 1.807) is 24.5 Å². The lowest BCUT2D eigenvalue weighted by Crippen LogP contribution is -2.32. The van der Waals surface area contributed by atoms with Crippen molar-refractivity contribution in [2.75, 3.05) is 18.4 Å². The van der Waals surface area contributed by atoms with Crippen LogP contribution in [0.2, 0.25) is 0 Å². The van der Waals surface area contributed by atoms with Gasteiger partial charge in [0.05, 0.1) is 6.04 Å². The predicted octanol–water partition coefficient (Wildman–Crippen LogP) is 3.03. The third-order valence-electron chi connectivity index (χ3n) is 4.71. The number of nitrogens with zero attached hydrogens (tertiary/aromatic N) is 3. The molecule has 2 aromatic heterocycles. The maximum absolute atomic E-state index is 12.5. The average molecular weight is 377 g/mol. The fourth-order valence-corrected chi connectivity index (χ4v) is 3.23. The second-order valence-corrected chi connectivity index (χ2v) is 6.81. The number of carbonyl (C=O) groups excluding carboxylic acids is 1. The topological polar surface area (TPSA) is 81.1 Å². The summed E-state index contributed by atoms with van der Waals surface area (Å²) < 4.78 is 7.67. The van der Waals surface area contributed by atoms with Gasteiger partial charge in [0.25, 0.3) is 5.91 Å². The Morgan fingerprint density at radius 3 is 3.07 bits per heavy atom. The van der Waals surface area contributed by atoms with Crippen molar-refractivity contribution in [3.05, 3.63) is 72.3 Å². The van der Waals surface area contributed by atoms with Crippen LogP contribution in [-0.4, -0.2) is 33.8 Å². The summed E-state index contributed by atoms with van der Waals surface area (Å²) >= 11 is 0. The van der Waals surface area contributed by atoms with Gasteiger partial charge in [-0.15, -0.1) is 0 Å². The molecule has 1 fully saturated rings. The van der Waals surface area contributed by atoms with E-state index < -0.39 is 0 Å². The molecule has 2 N–H and O–H groups in total. The normalized spacial score (nSPS) is 16.5. The SMILES string of the molecule is O=C(Nc1cccc(OCc2cccnc2)c1)c1ccn(C2CCCNC2)n1. The monoisotopic (exact) mass is 377 g/mol. The van der Waals surface area contributed by atoms with Gasteiger partial charge >= 0.3 is 0 Å². The highest BCUT2D eigenvalue weighted by Gasteiger charge is 2.17. The molecule has 0 radical (unpaired) electrons. The number of rotatable bonds is 6. The molecule has 4 rings (SSSR count). The molecular weight excluding hydrogens is 354 g/mol. The van der Waals surface area contributed by atoms with Gasteiger partial charge in [-0.1, -0.05) is 12.1 Å². The zero-order valence-corrected chi connectivity index (χ0v) is 15.5. The van der Waals surface area contributed by atoms with Gasteiger partial charge in [-0.05, 0) is 43.7 Å². The van der Waals surface area contributed by atoms with E-state index in [4.69, 9.17) is 4.74 Å². The van der Waals surface area contributed by atoms with Crippen LogP contribution in [-0.2, 0) is 6.61 Å². The van der Waals surface area contributed by atoms with Gasteiger partial charge in [-0.3, -0.25) is 14.5 Å². The molecule has 1 atom stereocenters. The van der Waals surface area contributed by atoms with Crippen LogP contribution in [0.25, 0.3) is 0 Å². The lowest BCUT2D eigenvalue weighted by molar-refractivity contribution is 0.102. The molecule has 0 saturated carbocycles. The van der Waals surface area contributed by atoms with E-state index in [-0.39, 0.29) is 5.91 Å². The number of amides is 1. The molecule has 1 aliphatic heterocycles. The van der Waals surface area contributed by atoms with E-state index >= 15 is 0 Å². The number of carbonyl (C=O) groups is 1. The molecule has 1 amide bonds. The van der Waals surface area contributed by atoms with Crippen molar-refractivity contribution >= 4 is 11.6 Å². The second kappa shape index (κ2) is 8.67. The van der Waals surface area contributed by atoms with Crippen molar-refractivity contribution in [2.24, 2.45) is 0 Å². The molecule has 7 heteroatoms. The van der Waals surface area contributed by atoms with E-state index in [9.17, 15) is 4.79 Å². The average Bonchev–Trinajstić information content (AvgIpc) is 3.25. The molecule has 0 bridgehead atoms. The van der Waals surface area contributed by atoms with Gasteiger partial charge in [0.2, 0.25) is 0 Å². The molecule has 1 aliphatic rings. The summed E-state index contributed by atoms with van der Waals surface area (Å²) in [5.41, 5.74) is 2.06. The minimum atomic E-state index is -0.230. The molecule has 1 aromatic carbocycles. The summed E-state index contributed by atoms with van der Waals surface area (Å²) in [5, 5.41) is 10.7. The number of aromatic nitrogens is 3. The van der Waals surface area contributed by atoms with Gasteiger partial charge in [0.15, 0.2) is 5.69 Å². The number of hydrogen-bond acceptors (Lipinski definition) is 5. The van der Waals surface area contributed by atoms with E-state index in [2.05, 4.69) is 20.7 Å². The number of pyridine rings is 1. The second-order valence-electron chi connectivity index (χ2n) is 6.81. The Labute approximate surface area is 163 Å². The Kier molecular flexibility index (Phi) is 5.63. The Morgan fingerprint density at radius 1 is 1.29 bits per heavy atom. The highest BCUT2D eigenvalue weighted by atomic mass is 16.5. The van der Waals surface area contributed by atoms with Crippen molar-refractivity contribution in [3.8, 4) is 5.75 Å². The first-order valence-corrected chi connectivity index (χ1v) is 9.47. The summed E-state index contributed by atoms with van der Waals surface area (Å²) in [4.78, 5) is 16.6. The quantitative estimate of drug-likeness (QED) is 0.690. The van der Waals surface area contributed by atoms with Crippen LogP contribution in [0.3, 0.4) is 0 Å². The number of benzene rings is 1. The third kappa shape index (κ3) is 4.55. The maximum atomic E-state index is 12.5. The molecule has 3 heterocycles. The van der Waals surface area contributed by atoms with Gasteiger partial charge in [-0.2, -0.15) is 5.10 Å². The zero-order valence-electron chi connectivity index (χ0n) is 15.5. The van der Waals surface area contributed by atoms with E-state index in [1.807, 2.05) is 41.2 Å². The Hall–Kier alpha value is -3.19. The maximum Gasteiger partial charge on any atom is 0.276 e. The molecule has 0 aliphatic carbocycles. The first-order chi connectivity index (χ1) is 13.8. The minimum absolute atomic E-state index is 0.230. The number of ether oxygens (including phenoxy) is 1. The van der Waals surface area contributed by atoms with Crippen LogP contribution in [0, 0.1) is 0 Å². The molecule has 1 saturated heterocycles. The fraction of sp³-hybridized carbons (Fsp3) is 0.286. The molecular formula is C21H23N5O2. The molecule has 1 unspecified atom stereocenters. The van der Waals surface area contributed by atoms with Crippen LogP contribution in [0.15, 0.2) is 61.1 Å². The van der Waals surface area contributed by atoms with Crippen LogP contribution < -0.4 is 15.4 Å². The Bertz CT molecular complexity index is 919. The van der Waals surface area contributed by atoms with Crippen molar-refractivity contribution in [2.45, 2.75) is 25.5 Å². The Balaban J connectivity index is 1.37. The number of piperidine rings is 1. The summed E-state index contributed by atoms with van der Waals surface area (Å²) in [6.45, 7) is 2.36. The molecule has 3 aromatic rings. The van der Waals surface area contributed by atoms with Crippen molar-refractivity contribution in [3.63, 3.8) is 0 Å². The number of nitrogens with one attached hydrogen (secondary N) is 2. The van der Waals surface area contributed by atoms with Gasteiger partial charge in [0.1, 0.15) is 12.4 Å². The smallest absolute Gasteiger partial charge is 0.276 e. The zero-order chi connectivity index (χ0) is 19.2. The van der Waals surface area contributed by atoms with Gasteiger partial charge in [-0.25, -0.2) is 0 Å². The van der Waals surface area contributed by atoms with Gasteiger partial charge < -0.3 is 15.4 Å². The van der Waals surface area contributed by atoms with E-state index in [1.165, 1.54) is 0 Å². The summed E-state index contributed by atoms with van der Waals surface area (Å²) in [6.07, 6.45) is 7.57. The van der Waals surface area contributed by atoms with Crippen LogP contribution >= 0.6 is 0 Å². The summed E-state index contributed by atoms with van der Waals surface area (Å²) in [6, 6.07) is 13.2. The largest absolute Gasteiger partial charge is 0.489 e. The first-order valence-electron chi connectivity index (χ1n) is 9.47. The van der Waals surface area contributed by atoms with Crippen LogP contribution in [0.4, 0.5) is 5.69 Å². The van der Waals surface area contributed by atoms with Crippen LogP contribution in [0.1, 0.15) is 34.9 Å². The summed E-state index contributed by atoms with van der Waals surface area (Å²) in [5.74, 6) is 0.451. The molecule has 7 nitrogen and oxygen atoms in total. The van der Waals surface area contributed by atoms with Gasteiger partial charge in [0, 0.05) is 42.5 Å². The standard InChI is InChI=1S/C21H23N5O2/c27-21(20-8-11-26(25-20)18-6-3-10-23-14-18)24-17-5-1-7-19(12-17)28-15-16-4-2-9-22-13-16/h1-2,4-5,7-9,11-13,18,23H,3,6,10,14-15H2,(H,24,27). The lowest BCUT2D eigenvalue weighted by atomic mass is 10.1. The lowest BCUT2D eigenvalue weighted by Gasteiger charge is -2.22. The van der Waals surface area contributed by atoms with Crippen molar-refractivity contribution < 1.29 is 9.53 Å². The van der Waals surface area contributed by atoms with Crippen molar-refractivity contribution in [1.82, 2.24) is 20.1 Å².